The van der Waals surface area contributed by atoms with Gasteiger partial charge >= 0.3 is 6.09 Å². The number of hydrogen-bond donors (Lipinski definition) is 1. The molecular weight excluding hydrogens is 282 g/mol. The van der Waals surface area contributed by atoms with E-state index in [1.54, 1.807) is 17.0 Å². The number of likely N-dealkylation sites (tertiary alicyclic amines) is 1. The zero-order valence-electron chi connectivity index (χ0n) is 13.4. The molecule has 1 N–H and O–H groups in total. The van der Waals surface area contributed by atoms with Crippen molar-refractivity contribution >= 4 is 6.09 Å². The molecule has 1 aliphatic rings. The van der Waals surface area contributed by atoms with Gasteiger partial charge in [-0.3, -0.25) is 0 Å². The van der Waals surface area contributed by atoms with Crippen molar-refractivity contribution in [1.82, 2.24) is 10.2 Å². The largest absolute Gasteiger partial charge is 0.449 e. The molecular formula is C16H23N3O3. The van der Waals surface area contributed by atoms with Crippen LogP contribution in [0.15, 0.2) is 16.5 Å². The molecule has 2 heterocycles. The lowest BCUT2D eigenvalue weighted by atomic mass is 10.1. The maximum atomic E-state index is 12.0. The van der Waals surface area contributed by atoms with Crippen LogP contribution in [0.3, 0.4) is 0 Å². The highest BCUT2D eigenvalue weighted by Gasteiger charge is 2.29. The van der Waals surface area contributed by atoms with Crippen LogP contribution in [-0.4, -0.2) is 36.2 Å². The molecule has 6 nitrogen and oxygen atoms in total. The van der Waals surface area contributed by atoms with Crippen molar-refractivity contribution in [3.05, 3.63) is 23.7 Å². The predicted octanol–water partition coefficient (Wildman–Crippen LogP) is 2.50. The Hall–Kier alpha value is -2.00. The topological polar surface area (TPSA) is 78.5 Å². The fraction of sp³-hybridized carbons (Fsp3) is 0.625. The molecule has 0 radical (unpaired) electrons. The molecule has 1 fully saturated rings. The predicted molar refractivity (Wildman–Crippen MR) is 81.0 cm³/mol. The lowest BCUT2D eigenvalue weighted by Crippen LogP contribution is -2.36. The van der Waals surface area contributed by atoms with Gasteiger partial charge in [0.05, 0.1) is 6.54 Å². The molecule has 0 saturated carbocycles. The van der Waals surface area contributed by atoms with Gasteiger partial charge in [-0.15, -0.1) is 0 Å². The second-order valence-corrected chi connectivity index (χ2v) is 6.59. The summed E-state index contributed by atoms with van der Waals surface area (Å²) in [4.78, 5) is 13.7. The normalized spacial score (nSPS) is 18.3. The fourth-order valence-electron chi connectivity index (χ4n) is 2.42. The first-order valence-electron chi connectivity index (χ1n) is 7.55. The summed E-state index contributed by atoms with van der Waals surface area (Å²) in [5, 5.41) is 12.0. The van der Waals surface area contributed by atoms with Crippen LogP contribution >= 0.6 is 0 Å². The summed E-state index contributed by atoms with van der Waals surface area (Å²) in [6, 6.07) is 5.43. The van der Waals surface area contributed by atoms with Gasteiger partial charge in [-0.2, -0.15) is 5.26 Å². The molecule has 1 amide bonds. The van der Waals surface area contributed by atoms with Crippen LogP contribution in [0.5, 0.6) is 0 Å². The van der Waals surface area contributed by atoms with E-state index < -0.39 is 5.60 Å². The maximum absolute atomic E-state index is 12.0. The highest BCUT2D eigenvalue weighted by Crippen LogP contribution is 2.19. The number of nitrogens with one attached hydrogen (secondary N) is 1. The highest BCUT2D eigenvalue weighted by atomic mass is 16.6. The average molecular weight is 305 g/mol. The minimum absolute atomic E-state index is 0.236. The van der Waals surface area contributed by atoms with Crippen LogP contribution in [0, 0.1) is 17.2 Å². The number of amides is 1. The van der Waals surface area contributed by atoms with E-state index >= 15 is 0 Å². The summed E-state index contributed by atoms with van der Waals surface area (Å²) in [5.41, 5.74) is -0.453. The Morgan fingerprint density at radius 2 is 2.32 bits per heavy atom. The third-order valence-electron chi connectivity index (χ3n) is 3.44. The van der Waals surface area contributed by atoms with E-state index in [-0.39, 0.29) is 6.09 Å². The van der Waals surface area contributed by atoms with Gasteiger partial charge in [-0.1, -0.05) is 0 Å². The Labute approximate surface area is 131 Å². The number of hydrogen-bond acceptors (Lipinski definition) is 5. The molecule has 1 aromatic heterocycles. The van der Waals surface area contributed by atoms with Crippen molar-refractivity contribution in [2.45, 2.75) is 39.3 Å². The summed E-state index contributed by atoms with van der Waals surface area (Å²) in [6.45, 7) is 8.47. The molecule has 0 aromatic carbocycles. The van der Waals surface area contributed by atoms with Crippen molar-refractivity contribution in [1.29, 1.82) is 5.26 Å². The average Bonchev–Trinajstić information content (AvgIpc) is 3.05. The van der Waals surface area contributed by atoms with Crippen LogP contribution in [0.25, 0.3) is 0 Å². The molecule has 22 heavy (non-hydrogen) atoms. The van der Waals surface area contributed by atoms with Gasteiger partial charge in [0.2, 0.25) is 5.76 Å². The summed E-state index contributed by atoms with van der Waals surface area (Å²) < 4.78 is 10.7. The molecule has 6 heteroatoms. The van der Waals surface area contributed by atoms with Crippen molar-refractivity contribution in [3.63, 3.8) is 0 Å². The zero-order chi connectivity index (χ0) is 16.2. The summed E-state index contributed by atoms with van der Waals surface area (Å²) >= 11 is 0. The second-order valence-electron chi connectivity index (χ2n) is 6.59. The lowest BCUT2D eigenvalue weighted by molar-refractivity contribution is 0.0288. The van der Waals surface area contributed by atoms with Crippen molar-refractivity contribution < 1.29 is 13.9 Å². The Balaban J connectivity index is 1.70. The van der Waals surface area contributed by atoms with E-state index in [9.17, 15) is 4.79 Å². The number of nitrogens with zero attached hydrogens (tertiary/aromatic N) is 2. The number of furan rings is 1. The fourth-order valence-corrected chi connectivity index (χ4v) is 2.42. The summed E-state index contributed by atoms with van der Waals surface area (Å²) in [5.74, 6) is 1.49. The minimum Gasteiger partial charge on any atom is -0.449 e. The van der Waals surface area contributed by atoms with Crippen molar-refractivity contribution in [3.8, 4) is 6.07 Å². The Morgan fingerprint density at radius 3 is 2.95 bits per heavy atom. The molecule has 1 unspecified atom stereocenters. The molecule has 2 rings (SSSR count). The number of nitriles is 1. The molecule has 120 valence electrons. The Bertz CT molecular complexity index is 554. The van der Waals surface area contributed by atoms with E-state index in [1.165, 1.54) is 0 Å². The Morgan fingerprint density at radius 1 is 1.55 bits per heavy atom. The van der Waals surface area contributed by atoms with E-state index in [2.05, 4.69) is 5.32 Å². The number of carbonyl (C=O) groups is 1. The van der Waals surface area contributed by atoms with Crippen molar-refractivity contribution in [2.75, 3.05) is 19.6 Å². The number of carbonyl (C=O) groups excluding carboxylic acids is 1. The zero-order valence-corrected chi connectivity index (χ0v) is 13.4. The van der Waals surface area contributed by atoms with E-state index in [0.717, 1.165) is 25.3 Å². The maximum Gasteiger partial charge on any atom is 0.410 e. The highest BCUT2D eigenvalue weighted by molar-refractivity contribution is 5.68. The van der Waals surface area contributed by atoms with E-state index in [1.807, 2.05) is 26.8 Å². The first-order valence-corrected chi connectivity index (χ1v) is 7.55. The lowest BCUT2D eigenvalue weighted by Gasteiger charge is -2.24. The van der Waals surface area contributed by atoms with Crippen LogP contribution in [0.1, 0.15) is 38.7 Å². The van der Waals surface area contributed by atoms with Crippen LogP contribution < -0.4 is 5.32 Å². The molecule has 0 spiro atoms. The van der Waals surface area contributed by atoms with Crippen LogP contribution in [0.2, 0.25) is 0 Å². The van der Waals surface area contributed by atoms with Crippen LogP contribution in [0.4, 0.5) is 4.79 Å². The second kappa shape index (κ2) is 6.84. The van der Waals surface area contributed by atoms with Gasteiger partial charge in [0, 0.05) is 19.6 Å². The third-order valence-corrected chi connectivity index (χ3v) is 3.44. The van der Waals surface area contributed by atoms with Gasteiger partial charge in [0.15, 0.2) is 0 Å². The van der Waals surface area contributed by atoms with Crippen LogP contribution in [-0.2, 0) is 11.3 Å². The first kappa shape index (κ1) is 16.4. The smallest absolute Gasteiger partial charge is 0.410 e. The third kappa shape index (κ3) is 4.78. The van der Waals surface area contributed by atoms with Gasteiger partial charge in [0.1, 0.15) is 17.4 Å². The molecule has 0 bridgehead atoms. The first-order chi connectivity index (χ1) is 10.4. The molecule has 0 aliphatic carbocycles. The molecule has 1 aliphatic heterocycles. The monoisotopic (exact) mass is 305 g/mol. The van der Waals surface area contributed by atoms with E-state index in [4.69, 9.17) is 14.4 Å². The molecule has 1 saturated heterocycles. The minimum atomic E-state index is -0.453. The van der Waals surface area contributed by atoms with Gasteiger partial charge in [-0.25, -0.2) is 4.79 Å². The summed E-state index contributed by atoms with van der Waals surface area (Å²) in [7, 11) is 0. The SMILES string of the molecule is CC(C)(C)OC(=O)N1CCC(CNCc2ccc(C#N)o2)C1. The van der Waals surface area contributed by atoms with Crippen molar-refractivity contribution in [2.24, 2.45) is 5.92 Å². The van der Waals surface area contributed by atoms with Gasteiger partial charge < -0.3 is 19.4 Å². The molecule has 1 atom stereocenters. The summed E-state index contributed by atoms with van der Waals surface area (Å²) in [6.07, 6.45) is 0.730. The van der Waals surface area contributed by atoms with Gasteiger partial charge in [0.25, 0.3) is 0 Å². The Kier molecular flexibility index (Phi) is 5.09. The quantitative estimate of drug-likeness (QED) is 0.924. The van der Waals surface area contributed by atoms with E-state index in [0.29, 0.717) is 24.8 Å². The standard InChI is InChI=1S/C16H23N3O3/c1-16(2,3)22-15(20)19-7-6-12(11-19)9-18-10-14-5-4-13(8-17)21-14/h4-5,12,18H,6-7,9-11H2,1-3H3. The number of ether oxygens (including phenoxy) is 1. The molecule has 1 aromatic rings. The van der Waals surface area contributed by atoms with Gasteiger partial charge in [-0.05, 0) is 45.2 Å². The number of rotatable bonds is 4.